The fourth-order valence-corrected chi connectivity index (χ4v) is 1.94. The van der Waals surface area contributed by atoms with Gasteiger partial charge in [-0.2, -0.15) is 0 Å². The van der Waals surface area contributed by atoms with E-state index in [2.05, 4.69) is 0 Å². The summed E-state index contributed by atoms with van der Waals surface area (Å²) >= 11 is 0. The quantitative estimate of drug-likeness (QED) is 0.758. The van der Waals surface area contributed by atoms with Crippen molar-refractivity contribution in [2.75, 3.05) is 13.7 Å². The average molecular weight is 248 g/mol. The molecule has 1 aromatic rings. The number of ether oxygens (including phenoxy) is 1. The molecule has 1 atom stereocenters. The van der Waals surface area contributed by atoms with Crippen LogP contribution in [0.15, 0.2) is 30.3 Å². The maximum Gasteiger partial charge on any atom is 0.329 e. The van der Waals surface area contributed by atoms with Gasteiger partial charge in [-0.15, -0.1) is 0 Å². The molecule has 1 fully saturated rings. The lowest BCUT2D eigenvalue weighted by molar-refractivity contribution is -0.141. The minimum atomic E-state index is -0.798. The van der Waals surface area contributed by atoms with Crippen molar-refractivity contribution in [2.45, 2.75) is 19.7 Å². The molecule has 0 N–H and O–H groups in total. The lowest BCUT2D eigenvalue weighted by atomic mass is 10.2. The monoisotopic (exact) mass is 248 g/mol. The number of carbonyl (C=O) groups is 2. The highest BCUT2D eigenvalue weighted by molar-refractivity contribution is 6.03. The van der Waals surface area contributed by atoms with Crippen LogP contribution in [0, 0.1) is 0 Å². The number of carbonyl (C=O) groups excluding carboxylic acids is 2. The molecular weight excluding hydrogens is 232 g/mol. The molecule has 0 radical (unpaired) electrons. The van der Waals surface area contributed by atoms with Crippen molar-refractivity contribution < 1.29 is 14.3 Å². The number of amides is 3. The molecule has 5 heteroatoms. The van der Waals surface area contributed by atoms with Crippen LogP contribution in [0.4, 0.5) is 4.79 Å². The standard InChI is InChI=1S/C13H16N2O3/c1-3-18-12-11(16)14(2)13(17)15(12)9-10-7-5-4-6-8-10/h4-8,12H,3,9H2,1-2H3. The van der Waals surface area contributed by atoms with E-state index in [9.17, 15) is 9.59 Å². The van der Waals surface area contributed by atoms with Gasteiger partial charge in [0.1, 0.15) is 0 Å². The van der Waals surface area contributed by atoms with Crippen LogP contribution in [0.3, 0.4) is 0 Å². The molecular formula is C13H16N2O3. The van der Waals surface area contributed by atoms with Crippen molar-refractivity contribution in [3.8, 4) is 0 Å². The Kier molecular flexibility index (Phi) is 3.62. The predicted octanol–water partition coefficient (Wildman–Crippen LogP) is 1.44. The first-order chi connectivity index (χ1) is 8.65. The van der Waals surface area contributed by atoms with E-state index in [0.717, 1.165) is 10.5 Å². The molecule has 0 aromatic heterocycles. The molecule has 0 aliphatic carbocycles. The van der Waals surface area contributed by atoms with Crippen LogP contribution in [0.5, 0.6) is 0 Å². The summed E-state index contributed by atoms with van der Waals surface area (Å²) in [4.78, 5) is 26.3. The molecule has 1 heterocycles. The van der Waals surface area contributed by atoms with Crippen LogP contribution >= 0.6 is 0 Å². The molecule has 1 saturated heterocycles. The number of hydrogen-bond donors (Lipinski definition) is 0. The molecule has 96 valence electrons. The summed E-state index contributed by atoms with van der Waals surface area (Å²) in [6.07, 6.45) is -0.798. The molecule has 1 aliphatic rings. The van der Waals surface area contributed by atoms with Gasteiger partial charge in [0, 0.05) is 13.7 Å². The van der Waals surface area contributed by atoms with E-state index >= 15 is 0 Å². The first-order valence-corrected chi connectivity index (χ1v) is 5.89. The van der Waals surface area contributed by atoms with Gasteiger partial charge in [-0.3, -0.25) is 14.6 Å². The SMILES string of the molecule is CCOC1C(=O)N(C)C(=O)N1Cc1ccccc1. The Labute approximate surface area is 106 Å². The van der Waals surface area contributed by atoms with Crippen molar-refractivity contribution in [3.05, 3.63) is 35.9 Å². The van der Waals surface area contributed by atoms with Gasteiger partial charge in [0.25, 0.3) is 5.91 Å². The summed E-state index contributed by atoms with van der Waals surface area (Å²) < 4.78 is 5.35. The van der Waals surface area contributed by atoms with E-state index in [1.807, 2.05) is 30.3 Å². The fourth-order valence-electron chi connectivity index (χ4n) is 1.94. The lowest BCUT2D eigenvalue weighted by Crippen LogP contribution is -2.36. The summed E-state index contributed by atoms with van der Waals surface area (Å²) in [7, 11) is 1.47. The summed E-state index contributed by atoms with van der Waals surface area (Å²) in [6.45, 7) is 2.57. The average Bonchev–Trinajstić information content (AvgIpc) is 2.58. The van der Waals surface area contributed by atoms with Crippen molar-refractivity contribution in [1.82, 2.24) is 9.80 Å². The minimum Gasteiger partial charge on any atom is -0.350 e. The Morgan fingerprint density at radius 1 is 1.22 bits per heavy atom. The Morgan fingerprint density at radius 3 is 2.50 bits per heavy atom. The third-order valence-corrected chi connectivity index (χ3v) is 2.88. The topological polar surface area (TPSA) is 49.9 Å². The van der Waals surface area contributed by atoms with Gasteiger partial charge in [0.05, 0.1) is 6.54 Å². The third kappa shape index (κ3) is 2.22. The van der Waals surface area contributed by atoms with E-state index in [-0.39, 0.29) is 11.9 Å². The van der Waals surface area contributed by atoms with E-state index in [1.165, 1.54) is 11.9 Å². The molecule has 5 nitrogen and oxygen atoms in total. The summed E-state index contributed by atoms with van der Waals surface area (Å²) in [5, 5.41) is 0. The number of hydrogen-bond acceptors (Lipinski definition) is 3. The molecule has 0 bridgehead atoms. The molecule has 0 spiro atoms. The van der Waals surface area contributed by atoms with Crippen molar-refractivity contribution in [2.24, 2.45) is 0 Å². The number of likely N-dealkylation sites (N-methyl/N-ethyl adjacent to an activating group) is 1. The fraction of sp³-hybridized carbons (Fsp3) is 0.385. The number of imide groups is 1. The number of nitrogens with zero attached hydrogens (tertiary/aromatic N) is 2. The van der Waals surface area contributed by atoms with Gasteiger partial charge in [-0.25, -0.2) is 4.79 Å². The lowest BCUT2D eigenvalue weighted by Gasteiger charge is -2.21. The molecule has 1 aliphatic heterocycles. The number of benzene rings is 1. The van der Waals surface area contributed by atoms with Crippen molar-refractivity contribution in [3.63, 3.8) is 0 Å². The zero-order valence-corrected chi connectivity index (χ0v) is 10.5. The zero-order valence-electron chi connectivity index (χ0n) is 10.5. The molecule has 2 rings (SSSR count). The highest BCUT2D eigenvalue weighted by Gasteiger charge is 2.43. The first kappa shape index (κ1) is 12.6. The van der Waals surface area contributed by atoms with Crippen molar-refractivity contribution in [1.29, 1.82) is 0 Å². The Hall–Kier alpha value is -1.88. The minimum absolute atomic E-state index is 0.308. The Bertz CT molecular complexity index is 447. The van der Waals surface area contributed by atoms with Crippen LogP contribution in [0.25, 0.3) is 0 Å². The van der Waals surface area contributed by atoms with E-state index in [1.54, 1.807) is 6.92 Å². The van der Waals surface area contributed by atoms with Crippen LogP contribution < -0.4 is 0 Å². The normalized spacial score (nSPS) is 19.8. The third-order valence-electron chi connectivity index (χ3n) is 2.88. The first-order valence-electron chi connectivity index (χ1n) is 5.89. The molecule has 0 saturated carbocycles. The largest absolute Gasteiger partial charge is 0.350 e. The molecule has 18 heavy (non-hydrogen) atoms. The maximum atomic E-state index is 12.0. The van der Waals surface area contributed by atoms with Crippen molar-refractivity contribution >= 4 is 11.9 Å². The van der Waals surface area contributed by atoms with Crippen LogP contribution in [0.2, 0.25) is 0 Å². The second kappa shape index (κ2) is 5.18. The van der Waals surface area contributed by atoms with Gasteiger partial charge in [0.15, 0.2) is 0 Å². The maximum absolute atomic E-state index is 12.0. The Morgan fingerprint density at radius 2 is 1.89 bits per heavy atom. The predicted molar refractivity (Wildman–Crippen MR) is 65.6 cm³/mol. The van der Waals surface area contributed by atoms with Gasteiger partial charge >= 0.3 is 6.03 Å². The summed E-state index contributed by atoms with van der Waals surface area (Å²) in [5.41, 5.74) is 0.971. The van der Waals surface area contributed by atoms with Gasteiger partial charge < -0.3 is 4.74 Å². The smallest absolute Gasteiger partial charge is 0.329 e. The molecule has 1 aromatic carbocycles. The zero-order chi connectivity index (χ0) is 13.1. The summed E-state index contributed by atoms with van der Waals surface area (Å²) in [5.74, 6) is -0.308. The molecule has 1 unspecified atom stereocenters. The van der Waals surface area contributed by atoms with E-state index in [0.29, 0.717) is 13.2 Å². The van der Waals surface area contributed by atoms with E-state index in [4.69, 9.17) is 4.74 Å². The number of rotatable bonds is 4. The summed E-state index contributed by atoms with van der Waals surface area (Å²) in [6, 6.07) is 9.22. The van der Waals surface area contributed by atoms with Gasteiger partial charge in [-0.1, -0.05) is 30.3 Å². The van der Waals surface area contributed by atoms with Crippen LogP contribution in [-0.2, 0) is 16.1 Å². The van der Waals surface area contributed by atoms with Gasteiger partial charge in [0.2, 0.25) is 6.23 Å². The Balaban J connectivity index is 2.19. The highest BCUT2D eigenvalue weighted by atomic mass is 16.5. The second-order valence-corrected chi connectivity index (χ2v) is 4.10. The second-order valence-electron chi connectivity index (χ2n) is 4.10. The highest BCUT2D eigenvalue weighted by Crippen LogP contribution is 2.20. The van der Waals surface area contributed by atoms with Gasteiger partial charge in [-0.05, 0) is 12.5 Å². The molecule has 3 amide bonds. The van der Waals surface area contributed by atoms with Crippen LogP contribution in [-0.4, -0.2) is 41.6 Å². The van der Waals surface area contributed by atoms with Crippen LogP contribution in [0.1, 0.15) is 12.5 Å². The van der Waals surface area contributed by atoms with E-state index < -0.39 is 6.23 Å². The number of urea groups is 1.